The summed E-state index contributed by atoms with van der Waals surface area (Å²) in [5.41, 5.74) is 6.04. The van der Waals surface area contributed by atoms with E-state index in [1.807, 2.05) is 0 Å². The number of aryl methyl sites for hydroxylation is 1. The van der Waals surface area contributed by atoms with E-state index in [0.717, 1.165) is 24.5 Å². The Labute approximate surface area is 85.3 Å². The summed E-state index contributed by atoms with van der Waals surface area (Å²) in [5.74, 6) is 1.66. The van der Waals surface area contributed by atoms with Gasteiger partial charge in [-0.1, -0.05) is 27.7 Å². The van der Waals surface area contributed by atoms with E-state index in [-0.39, 0.29) is 11.5 Å². The summed E-state index contributed by atoms with van der Waals surface area (Å²) in [6, 6.07) is -0.107. The number of aromatic nitrogens is 3. The molecular weight excluding hydrogens is 176 g/mol. The summed E-state index contributed by atoms with van der Waals surface area (Å²) < 4.78 is 0. The van der Waals surface area contributed by atoms with E-state index in [4.69, 9.17) is 5.73 Å². The third-order valence-corrected chi connectivity index (χ3v) is 2.25. The first-order valence-electron chi connectivity index (χ1n) is 5.12. The van der Waals surface area contributed by atoms with E-state index in [2.05, 4.69) is 42.9 Å². The maximum atomic E-state index is 6.04. The second kappa shape index (κ2) is 4.09. The van der Waals surface area contributed by atoms with Crippen LogP contribution in [0.3, 0.4) is 0 Å². The molecular formula is C10H20N4. The summed E-state index contributed by atoms with van der Waals surface area (Å²) >= 11 is 0. The summed E-state index contributed by atoms with van der Waals surface area (Å²) in [7, 11) is 0. The van der Waals surface area contributed by atoms with Crippen molar-refractivity contribution < 1.29 is 0 Å². The smallest absolute Gasteiger partial charge is 0.167 e. The van der Waals surface area contributed by atoms with Crippen LogP contribution in [0.5, 0.6) is 0 Å². The number of rotatable bonds is 3. The highest BCUT2D eigenvalue weighted by Gasteiger charge is 2.25. The first-order chi connectivity index (χ1) is 6.45. The van der Waals surface area contributed by atoms with Crippen LogP contribution >= 0.6 is 0 Å². The molecule has 0 unspecified atom stereocenters. The molecule has 0 saturated carbocycles. The van der Waals surface area contributed by atoms with Gasteiger partial charge in [0.2, 0.25) is 0 Å². The van der Waals surface area contributed by atoms with Crippen molar-refractivity contribution in [1.82, 2.24) is 15.2 Å². The molecule has 0 radical (unpaired) electrons. The monoisotopic (exact) mass is 196 g/mol. The first-order valence-corrected chi connectivity index (χ1v) is 5.12. The Balaban J connectivity index is 2.76. The topological polar surface area (TPSA) is 67.6 Å². The molecule has 1 aromatic heterocycles. The zero-order valence-electron chi connectivity index (χ0n) is 9.46. The highest BCUT2D eigenvalue weighted by molar-refractivity contribution is 4.99. The van der Waals surface area contributed by atoms with E-state index in [9.17, 15) is 0 Å². The Hall–Kier alpha value is -0.900. The highest BCUT2D eigenvalue weighted by atomic mass is 15.2. The van der Waals surface area contributed by atoms with Crippen molar-refractivity contribution in [1.29, 1.82) is 0 Å². The van der Waals surface area contributed by atoms with Crippen molar-refractivity contribution in [2.45, 2.75) is 46.6 Å². The van der Waals surface area contributed by atoms with Crippen LogP contribution in [0.1, 0.15) is 51.8 Å². The minimum atomic E-state index is -0.107. The molecule has 0 saturated heterocycles. The molecule has 14 heavy (non-hydrogen) atoms. The minimum Gasteiger partial charge on any atom is -0.321 e. The fourth-order valence-corrected chi connectivity index (χ4v) is 1.19. The van der Waals surface area contributed by atoms with Gasteiger partial charge in [0.1, 0.15) is 5.82 Å². The van der Waals surface area contributed by atoms with Gasteiger partial charge in [-0.3, -0.25) is 5.10 Å². The van der Waals surface area contributed by atoms with Crippen molar-refractivity contribution >= 4 is 0 Å². The van der Waals surface area contributed by atoms with Crippen LogP contribution in [-0.2, 0) is 6.42 Å². The van der Waals surface area contributed by atoms with Crippen molar-refractivity contribution in [3.8, 4) is 0 Å². The van der Waals surface area contributed by atoms with Gasteiger partial charge in [0, 0.05) is 6.42 Å². The standard InChI is InChI=1S/C10H20N4/c1-5-6-7-12-9(14-13-7)8(11)10(2,3)4/h8H,5-6,11H2,1-4H3,(H,12,13,14)/t8-/m1/s1. The highest BCUT2D eigenvalue weighted by Crippen LogP contribution is 2.27. The Bertz CT molecular complexity index is 285. The van der Waals surface area contributed by atoms with Crippen LogP contribution in [0.15, 0.2) is 0 Å². The maximum Gasteiger partial charge on any atom is 0.167 e. The predicted molar refractivity (Wildman–Crippen MR) is 56.8 cm³/mol. The van der Waals surface area contributed by atoms with Gasteiger partial charge in [0.05, 0.1) is 6.04 Å². The molecule has 0 aromatic carbocycles. The van der Waals surface area contributed by atoms with E-state index < -0.39 is 0 Å². The maximum absolute atomic E-state index is 6.04. The first kappa shape index (κ1) is 11.2. The van der Waals surface area contributed by atoms with Crippen LogP contribution in [0.25, 0.3) is 0 Å². The molecule has 0 aliphatic carbocycles. The average Bonchev–Trinajstić information content (AvgIpc) is 2.50. The molecule has 0 bridgehead atoms. The lowest BCUT2D eigenvalue weighted by Gasteiger charge is -2.24. The quantitative estimate of drug-likeness (QED) is 0.774. The lowest BCUT2D eigenvalue weighted by Crippen LogP contribution is -2.27. The van der Waals surface area contributed by atoms with Gasteiger partial charge in [-0.15, -0.1) is 0 Å². The van der Waals surface area contributed by atoms with Crippen LogP contribution in [0.4, 0.5) is 0 Å². The molecule has 3 N–H and O–H groups in total. The number of nitrogens with zero attached hydrogens (tertiary/aromatic N) is 2. The molecule has 0 amide bonds. The van der Waals surface area contributed by atoms with Gasteiger partial charge in [0.15, 0.2) is 5.82 Å². The zero-order chi connectivity index (χ0) is 10.8. The van der Waals surface area contributed by atoms with Crippen molar-refractivity contribution in [2.75, 3.05) is 0 Å². The molecule has 4 nitrogen and oxygen atoms in total. The molecule has 4 heteroatoms. The molecule has 0 aliphatic heterocycles. The summed E-state index contributed by atoms with van der Waals surface area (Å²) in [5, 5.41) is 7.06. The number of H-pyrrole nitrogens is 1. The van der Waals surface area contributed by atoms with E-state index >= 15 is 0 Å². The van der Waals surface area contributed by atoms with E-state index in [1.165, 1.54) is 0 Å². The molecule has 1 heterocycles. The van der Waals surface area contributed by atoms with Crippen LogP contribution in [0, 0.1) is 5.41 Å². The normalized spacial score (nSPS) is 14.4. The third kappa shape index (κ3) is 2.54. The largest absolute Gasteiger partial charge is 0.321 e. The molecule has 80 valence electrons. The van der Waals surface area contributed by atoms with Gasteiger partial charge in [-0.05, 0) is 11.8 Å². The van der Waals surface area contributed by atoms with Crippen LogP contribution < -0.4 is 5.73 Å². The van der Waals surface area contributed by atoms with Gasteiger partial charge in [-0.2, -0.15) is 5.10 Å². The third-order valence-electron chi connectivity index (χ3n) is 2.25. The van der Waals surface area contributed by atoms with Gasteiger partial charge >= 0.3 is 0 Å². The zero-order valence-corrected chi connectivity index (χ0v) is 9.46. The Morgan fingerprint density at radius 3 is 2.57 bits per heavy atom. The molecule has 0 fully saturated rings. The average molecular weight is 196 g/mol. The number of nitrogens with one attached hydrogen (secondary N) is 1. The van der Waals surface area contributed by atoms with E-state index in [0.29, 0.717) is 0 Å². The number of hydrogen-bond donors (Lipinski definition) is 2. The predicted octanol–water partition coefficient (Wildman–Crippen LogP) is 1.80. The Morgan fingerprint density at radius 1 is 1.43 bits per heavy atom. The lowest BCUT2D eigenvalue weighted by molar-refractivity contribution is 0.316. The lowest BCUT2D eigenvalue weighted by atomic mass is 9.87. The number of hydrogen-bond acceptors (Lipinski definition) is 3. The molecule has 1 aromatic rings. The van der Waals surface area contributed by atoms with Crippen LogP contribution in [-0.4, -0.2) is 15.2 Å². The van der Waals surface area contributed by atoms with Crippen molar-refractivity contribution in [2.24, 2.45) is 11.1 Å². The Morgan fingerprint density at radius 2 is 2.07 bits per heavy atom. The molecule has 0 spiro atoms. The van der Waals surface area contributed by atoms with Crippen molar-refractivity contribution in [3.05, 3.63) is 11.6 Å². The van der Waals surface area contributed by atoms with E-state index in [1.54, 1.807) is 0 Å². The number of aromatic amines is 1. The minimum absolute atomic E-state index is 0.00563. The van der Waals surface area contributed by atoms with Gasteiger partial charge in [0.25, 0.3) is 0 Å². The van der Waals surface area contributed by atoms with Crippen LogP contribution in [0.2, 0.25) is 0 Å². The van der Waals surface area contributed by atoms with Gasteiger partial charge < -0.3 is 5.73 Å². The summed E-state index contributed by atoms with van der Waals surface area (Å²) in [6.07, 6.45) is 2.00. The van der Waals surface area contributed by atoms with Gasteiger partial charge in [-0.25, -0.2) is 4.98 Å². The number of nitrogens with two attached hydrogens (primary N) is 1. The SMILES string of the molecule is CCCc1nc([C@@H](N)C(C)(C)C)n[nH]1. The second-order valence-electron chi connectivity index (χ2n) is 4.73. The fourth-order valence-electron chi connectivity index (χ4n) is 1.19. The summed E-state index contributed by atoms with van der Waals surface area (Å²) in [6.45, 7) is 8.39. The Kier molecular flexibility index (Phi) is 3.26. The molecule has 1 rings (SSSR count). The molecule has 0 aliphatic rings. The molecule has 1 atom stereocenters. The fraction of sp³-hybridized carbons (Fsp3) is 0.800. The second-order valence-corrected chi connectivity index (χ2v) is 4.73. The summed E-state index contributed by atoms with van der Waals surface area (Å²) in [4.78, 5) is 4.37. The van der Waals surface area contributed by atoms with Crippen molar-refractivity contribution in [3.63, 3.8) is 0 Å².